The fraction of sp³-hybridized carbons (Fsp3) is 0.923. The van der Waals surface area contributed by atoms with Crippen LogP contribution in [0.3, 0.4) is 0 Å². The van der Waals surface area contributed by atoms with Crippen molar-refractivity contribution in [2.75, 3.05) is 33.3 Å². The van der Waals surface area contributed by atoms with Gasteiger partial charge in [-0.1, -0.05) is 13.8 Å². The van der Waals surface area contributed by atoms with Gasteiger partial charge in [0.15, 0.2) is 0 Å². The summed E-state index contributed by atoms with van der Waals surface area (Å²) in [5.74, 6) is 0.646. The molecule has 2 N–H and O–H groups in total. The maximum Gasteiger partial charge on any atom is 0.234 e. The molecule has 3 atom stereocenters. The highest BCUT2D eigenvalue weighted by molar-refractivity contribution is 5.85. The Morgan fingerprint density at radius 3 is 2.65 bits per heavy atom. The predicted octanol–water partition coefficient (Wildman–Crippen LogP) is 0.663. The molecule has 120 valence electrons. The summed E-state index contributed by atoms with van der Waals surface area (Å²) in [7, 11) is 1.79. The van der Waals surface area contributed by atoms with Crippen molar-refractivity contribution in [2.24, 2.45) is 5.92 Å². The van der Waals surface area contributed by atoms with E-state index in [1.807, 2.05) is 0 Å². The Labute approximate surface area is 134 Å². The number of nitrogens with one attached hydrogen (secondary N) is 2. The molecule has 7 heteroatoms. The van der Waals surface area contributed by atoms with Gasteiger partial charge in [-0.05, 0) is 19.4 Å². The summed E-state index contributed by atoms with van der Waals surface area (Å²) in [4.78, 5) is 14.0. The minimum absolute atomic E-state index is 0. The number of carbonyl (C=O) groups excluding carboxylic acids is 1. The maximum absolute atomic E-state index is 11.6. The monoisotopic (exact) mass is 327 g/mol. The van der Waals surface area contributed by atoms with Crippen LogP contribution in [-0.4, -0.2) is 62.3 Å². The first-order chi connectivity index (χ1) is 8.60. The Morgan fingerprint density at radius 2 is 2.05 bits per heavy atom. The largest absolute Gasteiger partial charge is 0.375 e. The van der Waals surface area contributed by atoms with Crippen molar-refractivity contribution in [3.63, 3.8) is 0 Å². The second-order valence-corrected chi connectivity index (χ2v) is 5.75. The van der Waals surface area contributed by atoms with Crippen LogP contribution in [0.4, 0.5) is 0 Å². The molecule has 2 rings (SSSR count). The number of halogens is 2. The third-order valence-electron chi connectivity index (χ3n) is 3.89. The lowest BCUT2D eigenvalue weighted by Crippen LogP contribution is -2.48. The molecule has 2 aliphatic rings. The quantitative estimate of drug-likeness (QED) is 0.796. The number of ether oxygens (including phenoxy) is 1. The van der Waals surface area contributed by atoms with Crippen molar-refractivity contribution in [3.05, 3.63) is 0 Å². The third-order valence-corrected chi connectivity index (χ3v) is 3.89. The lowest BCUT2D eigenvalue weighted by molar-refractivity contribution is -0.120. The van der Waals surface area contributed by atoms with Gasteiger partial charge in [-0.3, -0.25) is 9.69 Å². The summed E-state index contributed by atoms with van der Waals surface area (Å²) >= 11 is 0. The number of fused-ring (bicyclic) bond motifs is 1. The fourth-order valence-corrected chi connectivity index (χ4v) is 2.85. The standard InChI is InChI=1S/C13H25N3O2.2ClH/c1-9(2)12-7-16-6-10(4-11(16)8-18-12)15-13(17)5-14-3;;/h9-12,14H,4-8H2,1-3H3,(H,15,17);2*1H/t10-,11-,12-;;/m0../s1. The second kappa shape index (κ2) is 9.05. The normalized spacial score (nSPS) is 29.3. The van der Waals surface area contributed by atoms with E-state index in [4.69, 9.17) is 4.74 Å². The van der Waals surface area contributed by atoms with E-state index >= 15 is 0 Å². The molecule has 0 aromatic carbocycles. The number of hydrogen-bond donors (Lipinski definition) is 2. The molecular formula is C13H27Cl2N3O2. The summed E-state index contributed by atoms with van der Waals surface area (Å²) in [6.07, 6.45) is 1.35. The van der Waals surface area contributed by atoms with E-state index in [0.717, 1.165) is 26.1 Å². The molecule has 0 bridgehead atoms. The highest BCUT2D eigenvalue weighted by Gasteiger charge is 2.38. The Bertz CT molecular complexity index is 305. The number of nitrogens with zero attached hydrogens (tertiary/aromatic N) is 1. The van der Waals surface area contributed by atoms with E-state index in [1.165, 1.54) is 0 Å². The Kier molecular flexibility index (Phi) is 9.02. The van der Waals surface area contributed by atoms with Crippen molar-refractivity contribution >= 4 is 30.7 Å². The first-order valence-electron chi connectivity index (χ1n) is 6.89. The van der Waals surface area contributed by atoms with Crippen LogP contribution in [0, 0.1) is 5.92 Å². The molecule has 5 nitrogen and oxygen atoms in total. The highest BCUT2D eigenvalue weighted by atomic mass is 35.5. The summed E-state index contributed by atoms with van der Waals surface area (Å²) in [5.41, 5.74) is 0. The molecule has 0 unspecified atom stereocenters. The molecule has 20 heavy (non-hydrogen) atoms. The second-order valence-electron chi connectivity index (χ2n) is 5.75. The topological polar surface area (TPSA) is 53.6 Å². The average Bonchev–Trinajstić information content (AvgIpc) is 2.69. The number of carbonyl (C=O) groups is 1. The van der Waals surface area contributed by atoms with Crippen LogP contribution in [-0.2, 0) is 9.53 Å². The Hall–Kier alpha value is -0.0700. The third kappa shape index (κ3) is 5.04. The van der Waals surface area contributed by atoms with Crippen LogP contribution in [0.2, 0.25) is 0 Å². The summed E-state index contributed by atoms with van der Waals surface area (Å²) in [6.45, 7) is 7.57. The first-order valence-corrected chi connectivity index (χ1v) is 6.89. The zero-order valence-electron chi connectivity index (χ0n) is 12.4. The highest BCUT2D eigenvalue weighted by Crippen LogP contribution is 2.25. The number of amides is 1. The Morgan fingerprint density at radius 1 is 1.35 bits per heavy atom. The van der Waals surface area contributed by atoms with E-state index in [9.17, 15) is 4.79 Å². The van der Waals surface area contributed by atoms with E-state index in [2.05, 4.69) is 29.4 Å². The van der Waals surface area contributed by atoms with Crippen LogP contribution in [0.1, 0.15) is 20.3 Å². The van der Waals surface area contributed by atoms with Gasteiger partial charge in [0.25, 0.3) is 0 Å². The van der Waals surface area contributed by atoms with Crippen molar-refractivity contribution in [1.29, 1.82) is 0 Å². The molecule has 0 spiro atoms. The van der Waals surface area contributed by atoms with Crippen LogP contribution < -0.4 is 10.6 Å². The fourth-order valence-electron chi connectivity index (χ4n) is 2.85. The molecule has 0 aliphatic carbocycles. The lowest BCUT2D eigenvalue weighted by Gasteiger charge is -2.36. The van der Waals surface area contributed by atoms with Crippen LogP contribution in [0.5, 0.6) is 0 Å². The average molecular weight is 328 g/mol. The zero-order chi connectivity index (χ0) is 13.1. The van der Waals surface area contributed by atoms with E-state index < -0.39 is 0 Å². The van der Waals surface area contributed by atoms with Gasteiger partial charge in [-0.2, -0.15) is 0 Å². The van der Waals surface area contributed by atoms with E-state index in [-0.39, 0.29) is 36.8 Å². The number of likely N-dealkylation sites (N-methyl/N-ethyl adjacent to an activating group) is 1. The van der Waals surface area contributed by atoms with Gasteiger partial charge >= 0.3 is 0 Å². The number of hydrogen-bond acceptors (Lipinski definition) is 4. The van der Waals surface area contributed by atoms with Gasteiger partial charge in [-0.15, -0.1) is 24.8 Å². The number of morpholine rings is 1. The summed E-state index contributed by atoms with van der Waals surface area (Å²) < 4.78 is 5.89. The molecule has 2 aliphatic heterocycles. The smallest absolute Gasteiger partial charge is 0.234 e. The van der Waals surface area contributed by atoms with Crippen molar-refractivity contribution in [2.45, 2.75) is 38.5 Å². The van der Waals surface area contributed by atoms with Gasteiger partial charge in [-0.25, -0.2) is 0 Å². The summed E-state index contributed by atoms with van der Waals surface area (Å²) in [6, 6.07) is 0.769. The molecule has 2 saturated heterocycles. The van der Waals surface area contributed by atoms with Crippen LogP contribution in [0.25, 0.3) is 0 Å². The molecule has 2 heterocycles. The van der Waals surface area contributed by atoms with Crippen molar-refractivity contribution in [1.82, 2.24) is 15.5 Å². The molecular weight excluding hydrogens is 301 g/mol. The van der Waals surface area contributed by atoms with Crippen LogP contribution in [0.15, 0.2) is 0 Å². The van der Waals surface area contributed by atoms with Crippen LogP contribution >= 0.6 is 24.8 Å². The molecule has 2 fully saturated rings. The van der Waals surface area contributed by atoms with Crippen molar-refractivity contribution in [3.8, 4) is 0 Å². The Balaban J connectivity index is 0.00000180. The minimum Gasteiger partial charge on any atom is -0.375 e. The van der Waals surface area contributed by atoms with E-state index in [1.54, 1.807) is 7.05 Å². The zero-order valence-corrected chi connectivity index (χ0v) is 14.1. The van der Waals surface area contributed by atoms with Gasteiger partial charge in [0.1, 0.15) is 0 Å². The van der Waals surface area contributed by atoms with E-state index in [0.29, 0.717) is 24.6 Å². The molecule has 0 saturated carbocycles. The minimum atomic E-state index is 0. The molecule has 1 amide bonds. The van der Waals surface area contributed by atoms with Gasteiger partial charge in [0.05, 0.1) is 19.3 Å². The lowest BCUT2D eigenvalue weighted by atomic mass is 10.0. The van der Waals surface area contributed by atoms with Gasteiger partial charge in [0, 0.05) is 25.2 Å². The van der Waals surface area contributed by atoms with Gasteiger partial charge < -0.3 is 15.4 Å². The summed E-state index contributed by atoms with van der Waals surface area (Å²) in [5, 5.41) is 5.96. The van der Waals surface area contributed by atoms with Crippen molar-refractivity contribution < 1.29 is 9.53 Å². The molecule has 0 aromatic rings. The van der Waals surface area contributed by atoms with Gasteiger partial charge in [0.2, 0.25) is 5.91 Å². The SMILES string of the molecule is CNCC(=O)N[C@H]1C[C@H]2CO[C@H](C(C)C)CN2C1.Cl.Cl. The first kappa shape index (κ1) is 19.9. The molecule has 0 aromatic heterocycles. The maximum atomic E-state index is 11.6. The molecule has 0 radical (unpaired) electrons. The number of rotatable bonds is 4. The predicted molar refractivity (Wildman–Crippen MR) is 84.9 cm³/mol.